The van der Waals surface area contributed by atoms with E-state index in [9.17, 15) is 9.59 Å². The van der Waals surface area contributed by atoms with Gasteiger partial charge >= 0.3 is 0 Å². The first-order valence-corrected chi connectivity index (χ1v) is 11.4. The Kier molecular flexibility index (Phi) is 6.06. The summed E-state index contributed by atoms with van der Waals surface area (Å²) in [6.07, 6.45) is 3.99. The van der Waals surface area contributed by atoms with E-state index in [0.29, 0.717) is 43.8 Å². The quantitative estimate of drug-likeness (QED) is 0.720. The largest absolute Gasteiger partial charge is 0.385 e. The molecule has 2 aliphatic rings. The highest BCUT2D eigenvalue weighted by Crippen LogP contribution is 2.33. The van der Waals surface area contributed by atoms with Gasteiger partial charge in [-0.25, -0.2) is 4.98 Å². The fraction of sp³-hybridized carbons (Fsp3) is 0.625. The van der Waals surface area contributed by atoms with Gasteiger partial charge < -0.3 is 19.5 Å². The summed E-state index contributed by atoms with van der Waals surface area (Å²) in [4.78, 5) is 33.5. The van der Waals surface area contributed by atoms with Gasteiger partial charge in [0.05, 0.1) is 17.6 Å². The minimum atomic E-state index is -0.984. The lowest BCUT2D eigenvalue weighted by Crippen LogP contribution is -2.65. The summed E-state index contributed by atoms with van der Waals surface area (Å²) in [7, 11) is 1.65. The van der Waals surface area contributed by atoms with Crippen molar-refractivity contribution in [2.75, 3.05) is 20.3 Å². The maximum Gasteiger partial charge on any atom is 0.290 e. The Hall–Kier alpha value is -2.41. The number of benzene rings is 1. The predicted octanol–water partition coefficient (Wildman–Crippen LogP) is 3.23. The first-order valence-electron chi connectivity index (χ1n) is 11.4. The van der Waals surface area contributed by atoms with E-state index in [1.54, 1.807) is 12.0 Å². The van der Waals surface area contributed by atoms with Crippen molar-refractivity contribution in [3.63, 3.8) is 0 Å². The van der Waals surface area contributed by atoms with Crippen LogP contribution in [0, 0.1) is 11.8 Å². The molecule has 168 valence electrons. The molecule has 2 aromatic rings. The number of nitrogens with zero attached hydrogens (tertiary/aromatic N) is 3. The zero-order chi connectivity index (χ0) is 22.2. The van der Waals surface area contributed by atoms with Gasteiger partial charge in [-0.2, -0.15) is 0 Å². The molecular formula is C24H34N4O3. The van der Waals surface area contributed by atoms with Gasteiger partial charge in [0.1, 0.15) is 5.54 Å². The summed E-state index contributed by atoms with van der Waals surface area (Å²) in [6, 6.07) is 7.87. The maximum absolute atomic E-state index is 13.7. The van der Waals surface area contributed by atoms with Gasteiger partial charge in [0.2, 0.25) is 5.91 Å². The van der Waals surface area contributed by atoms with E-state index in [1.807, 2.05) is 35.8 Å². The molecule has 2 amide bonds. The molecule has 0 saturated heterocycles. The smallest absolute Gasteiger partial charge is 0.290 e. The molecule has 31 heavy (non-hydrogen) atoms. The Balaban J connectivity index is 1.68. The van der Waals surface area contributed by atoms with Crippen LogP contribution in [0.2, 0.25) is 0 Å². The van der Waals surface area contributed by atoms with Crippen LogP contribution >= 0.6 is 0 Å². The van der Waals surface area contributed by atoms with Crippen molar-refractivity contribution in [2.24, 2.45) is 11.8 Å². The van der Waals surface area contributed by atoms with Crippen LogP contribution in [-0.4, -0.2) is 58.1 Å². The van der Waals surface area contributed by atoms with Crippen molar-refractivity contribution >= 4 is 22.8 Å². The SMILES string of the molecule is COCCCN1C(=O)c2nc3ccccc3n2C[C@]1(C)C(=O)N[C@@H]1CCC[C@H](C)[C@@H]1C. The van der Waals surface area contributed by atoms with Crippen molar-refractivity contribution in [2.45, 2.75) is 64.6 Å². The van der Waals surface area contributed by atoms with Gasteiger partial charge in [-0.3, -0.25) is 9.59 Å². The monoisotopic (exact) mass is 426 g/mol. The second kappa shape index (κ2) is 8.61. The number of amides is 2. The number of carbonyl (C=O) groups is 2. The van der Waals surface area contributed by atoms with Crippen LogP contribution in [0.5, 0.6) is 0 Å². The molecular weight excluding hydrogens is 392 g/mol. The van der Waals surface area contributed by atoms with Crippen molar-refractivity contribution < 1.29 is 14.3 Å². The summed E-state index contributed by atoms with van der Waals surface area (Å²) in [5, 5.41) is 3.32. The molecule has 1 aromatic heterocycles. The summed E-state index contributed by atoms with van der Waals surface area (Å²) in [6.45, 7) is 7.76. The van der Waals surface area contributed by atoms with Gasteiger partial charge in [0.25, 0.3) is 5.91 Å². The van der Waals surface area contributed by atoms with E-state index in [0.717, 1.165) is 23.9 Å². The summed E-state index contributed by atoms with van der Waals surface area (Å²) < 4.78 is 7.12. The van der Waals surface area contributed by atoms with Gasteiger partial charge in [-0.05, 0) is 43.7 Å². The van der Waals surface area contributed by atoms with E-state index >= 15 is 0 Å². The highest BCUT2D eigenvalue weighted by molar-refractivity contribution is 6.01. The molecule has 1 fully saturated rings. The first kappa shape index (κ1) is 21.8. The second-order valence-corrected chi connectivity index (χ2v) is 9.43. The van der Waals surface area contributed by atoms with Crippen molar-refractivity contribution in [3.05, 3.63) is 30.1 Å². The van der Waals surface area contributed by atoms with Crippen LogP contribution < -0.4 is 5.32 Å². The van der Waals surface area contributed by atoms with E-state index in [1.165, 1.54) is 6.42 Å². The number of hydrogen-bond donors (Lipinski definition) is 1. The molecule has 1 saturated carbocycles. The fourth-order valence-corrected chi connectivity index (χ4v) is 5.16. The number of carbonyl (C=O) groups excluding carboxylic acids is 2. The van der Waals surface area contributed by atoms with E-state index < -0.39 is 5.54 Å². The van der Waals surface area contributed by atoms with Crippen LogP contribution in [0.25, 0.3) is 11.0 Å². The van der Waals surface area contributed by atoms with Crippen LogP contribution in [0.3, 0.4) is 0 Å². The lowest BCUT2D eigenvalue weighted by Gasteiger charge is -2.45. The summed E-state index contributed by atoms with van der Waals surface area (Å²) in [5.74, 6) is 1.14. The molecule has 1 aliphatic carbocycles. The zero-order valence-electron chi connectivity index (χ0n) is 19.1. The number of imidazole rings is 1. The number of nitrogens with one attached hydrogen (secondary N) is 1. The van der Waals surface area contributed by atoms with Crippen molar-refractivity contribution in [1.29, 1.82) is 0 Å². The lowest BCUT2D eigenvalue weighted by molar-refractivity contribution is -0.134. The third kappa shape index (κ3) is 3.84. The number of rotatable bonds is 6. The third-order valence-corrected chi connectivity index (χ3v) is 7.40. The molecule has 0 unspecified atom stereocenters. The highest BCUT2D eigenvalue weighted by Gasteiger charge is 2.49. The molecule has 1 aliphatic heterocycles. The molecule has 1 aromatic carbocycles. The van der Waals surface area contributed by atoms with E-state index in [4.69, 9.17) is 4.74 Å². The molecule has 2 heterocycles. The van der Waals surface area contributed by atoms with Gasteiger partial charge in [0, 0.05) is 26.3 Å². The number of hydrogen-bond acceptors (Lipinski definition) is 4. The lowest BCUT2D eigenvalue weighted by atomic mass is 9.77. The highest BCUT2D eigenvalue weighted by atomic mass is 16.5. The van der Waals surface area contributed by atoms with Crippen LogP contribution in [0.1, 0.15) is 57.1 Å². The van der Waals surface area contributed by atoms with E-state index in [-0.39, 0.29) is 17.9 Å². The Morgan fingerprint density at radius 1 is 1.29 bits per heavy atom. The van der Waals surface area contributed by atoms with Gasteiger partial charge in [-0.1, -0.05) is 38.8 Å². The molecule has 7 heteroatoms. The molecule has 4 atom stereocenters. The Morgan fingerprint density at radius 3 is 2.84 bits per heavy atom. The van der Waals surface area contributed by atoms with Gasteiger partial charge in [0.15, 0.2) is 5.82 Å². The van der Waals surface area contributed by atoms with Crippen molar-refractivity contribution in [1.82, 2.24) is 19.8 Å². The molecule has 0 bridgehead atoms. The van der Waals surface area contributed by atoms with Crippen LogP contribution in [-0.2, 0) is 16.1 Å². The Morgan fingerprint density at radius 2 is 2.06 bits per heavy atom. The first-order chi connectivity index (χ1) is 14.9. The van der Waals surface area contributed by atoms with E-state index in [2.05, 4.69) is 24.1 Å². The number of methoxy groups -OCH3 is 1. The number of para-hydroxylation sites is 2. The molecule has 7 nitrogen and oxygen atoms in total. The third-order valence-electron chi connectivity index (χ3n) is 7.40. The molecule has 1 N–H and O–H groups in total. The second-order valence-electron chi connectivity index (χ2n) is 9.43. The predicted molar refractivity (Wildman–Crippen MR) is 120 cm³/mol. The Bertz CT molecular complexity index is 971. The summed E-state index contributed by atoms with van der Waals surface area (Å²) >= 11 is 0. The standard InChI is InChI=1S/C24H34N4O3/c1-16-9-7-11-18(17(16)2)26-23(30)24(3)15-27-20-12-6-5-10-19(20)25-21(27)22(29)28(24)13-8-14-31-4/h5-6,10,12,16-18H,7-9,11,13-15H2,1-4H3,(H,26,30)/t16-,17-,18+,24+/m0/s1. The van der Waals surface area contributed by atoms with Crippen LogP contribution in [0.15, 0.2) is 24.3 Å². The van der Waals surface area contributed by atoms with Crippen molar-refractivity contribution in [3.8, 4) is 0 Å². The average molecular weight is 427 g/mol. The topological polar surface area (TPSA) is 76.5 Å². The van der Waals surface area contributed by atoms with Gasteiger partial charge in [-0.15, -0.1) is 0 Å². The minimum absolute atomic E-state index is 0.0763. The Labute approximate surface area is 184 Å². The number of fused-ring (bicyclic) bond motifs is 3. The maximum atomic E-state index is 13.7. The zero-order valence-corrected chi connectivity index (χ0v) is 19.1. The number of aromatic nitrogens is 2. The normalized spacial score (nSPS) is 28.6. The molecule has 0 spiro atoms. The van der Waals surface area contributed by atoms with Crippen LogP contribution in [0.4, 0.5) is 0 Å². The summed E-state index contributed by atoms with van der Waals surface area (Å²) in [5.41, 5.74) is 0.685. The minimum Gasteiger partial charge on any atom is -0.385 e. The molecule has 0 radical (unpaired) electrons. The molecule has 4 rings (SSSR count). The fourth-order valence-electron chi connectivity index (χ4n) is 5.16. The number of ether oxygens (including phenoxy) is 1. The average Bonchev–Trinajstić information content (AvgIpc) is 3.12.